The van der Waals surface area contributed by atoms with E-state index >= 15 is 0 Å². The summed E-state index contributed by atoms with van der Waals surface area (Å²) in [5.41, 5.74) is 5.46. The molecule has 1 aliphatic heterocycles. The Morgan fingerprint density at radius 3 is 3.14 bits per heavy atom. The average molecular weight is 196 g/mol. The molecule has 1 aromatic heterocycles. The molecule has 1 saturated heterocycles. The van der Waals surface area contributed by atoms with Gasteiger partial charge in [-0.05, 0) is 25.7 Å². The maximum Gasteiger partial charge on any atom is 0.165 e. The molecule has 0 spiro atoms. The summed E-state index contributed by atoms with van der Waals surface area (Å²) in [5, 5.41) is 8.05. The third-order valence-corrected chi connectivity index (χ3v) is 2.48. The van der Waals surface area contributed by atoms with Crippen molar-refractivity contribution in [3.8, 4) is 0 Å². The molecule has 1 aromatic rings. The number of nitrogens with zero attached hydrogens (tertiary/aromatic N) is 3. The monoisotopic (exact) mass is 196 g/mol. The largest absolute Gasteiger partial charge is 0.381 e. The second-order valence-corrected chi connectivity index (χ2v) is 3.64. The lowest BCUT2D eigenvalue weighted by Gasteiger charge is -2.21. The summed E-state index contributed by atoms with van der Waals surface area (Å²) >= 11 is 0. The highest BCUT2D eigenvalue weighted by atomic mass is 16.5. The van der Waals surface area contributed by atoms with E-state index in [0.29, 0.717) is 11.9 Å². The first-order valence-corrected chi connectivity index (χ1v) is 5.12. The molecule has 5 heteroatoms. The van der Waals surface area contributed by atoms with Crippen molar-refractivity contribution in [1.29, 1.82) is 0 Å². The predicted octanol–water partition coefficient (Wildman–Crippen LogP) is 0.819. The number of ether oxygens (including phenoxy) is 1. The van der Waals surface area contributed by atoms with Crippen LogP contribution in [0.4, 0.5) is 5.82 Å². The topological polar surface area (TPSA) is 66.0 Å². The van der Waals surface area contributed by atoms with E-state index in [1.807, 2.05) is 0 Å². The number of nitrogens with two attached hydrogens (primary N) is 1. The minimum Gasteiger partial charge on any atom is -0.381 e. The van der Waals surface area contributed by atoms with Gasteiger partial charge in [-0.2, -0.15) is 9.90 Å². The summed E-state index contributed by atoms with van der Waals surface area (Å²) in [5.74, 6) is 0.481. The third kappa shape index (κ3) is 2.45. The van der Waals surface area contributed by atoms with E-state index in [-0.39, 0.29) is 0 Å². The molecule has 5 nitrogen and oxygen atoms in total. The molecular weight excluding hydrogens is 180 g/mol. The van der Waals surface area contributed by atoms with Crippen LogP contribution in [0, 0.1) is 0 Å². The molecule has 14 heavy (non-hydrogen) atoms. The lowest BCUT2D eigenvalue weighted by atomic mass is 10.1. The van der Waals surface area contributed by atoms with Gasteiger partial charge < -0.3 is 10.5 Å². The van der Waals surface area contributed by atoms with Gasteiger partial charge in [-0.25, -0.2) is 0 Å². The molecule has 0 aromatic carbocycles. The number of hydrogen-bond donors (Lipinski definition) is 1. The Balaban J connectivity index is 1.76. The second-order valence-electron chi connectivity index (χ2n) is 3.64. The quantitative estimate of drug-likeness (QED) is 0.777. The molecule has 0 bridgehead atoms. The molecule has 78 valence electrons. The maximum atomic E-state index is 5.61. The Bertz CT molecular complexity index is 280. The van der Waals surface area contributed by atoms with Crippen LogP contribution < -0.4 is 5.73 Å². The van der Waals surface area contributed by atoms with E-state index in [0.717, 1.165) is 26.0 Å². The van der Waals surface area contributed by atoms with Crippen molar-refractivity contribution in [2.24, 2.45) is 0 Å². The smallest absolute Gasteiger partial charge is 0.165 e. The van der Waals surface area contributed by atoms with Gasteiger partial charge in [-0.15, -0.1) is 5.10 Å². The molecule has 2 rings (SSSR count). The van der Waals surface area contributed by atoms with E-state index in [4.69, 9.17) is 10.5 Å². The van der Waals surface area contributed by atoms with Gasteiger partial charge in [0.2, 0.25) is 0 Å². The van der Waals surface area contributed by atoms with Gasteiger partial charge in [0.05, 0.1) is 18.8 Å². The molecule has 1 aliphatic rings. The van der Waals surface area contributed by atoms with Crippen LogP contribution >= 0.6 is 0 Å². The van der Waals surface area contributed by atoms with Crippen LogP contribution in [-0.2, 0) is 11.3 Å². The standard InChI is InChI=1S/C9H16N4O/c10-9-7-11-13(12-9)5-4-8-3-1-2-6-14-8/h7-8H,1-6H2,(H2,10,12). The van der Waals surface area contributed by atoms with Crippen molar-refractivity contribution >= 4 is 5.82 Å². The zero-order valence-electron chi connectivity index (χ0n) is 8.22. The normalized spacial score (nSPS) is 22.4. The van der Waals surface area contributed by atoms with Crippen molar-refractivity contribution in [3.63, 3.8) is 0 Å². The molecule has 1 atom stereocenters. The third-order valence-electron chi connectivity index (χ3n) is 2.48. The molecule has 2 N–H and O–H groups in total. The Morgan fingerprint density at radius 1 is 1.57 bits per heavy atom. The molecule has 1 unspecified atom stereocenters. The highest BCUT2D eigenvalue weighted by Gasteiger charge is 2.13. The van der Waals surface area contributed by atoms with Crippen molar-refractivity contribution in [1.82, 2.24) is 15.0 Å². The number of aromatic nitrogens is 3. The fourth-order valence-electron chi connectivity index (χ4n) is 1.71. The molecule has 0 saturated carbocycles. The Hall–Kier alpha value is -1.10. The Morgan fingerprint density at radius 2 is 2.50 bits per heavy atom. The number of hydrogen-bond acceptors (Lipinski definition) is 4. The van der Waals surface area contributed by atoms with Gasteiger partial charge in [-0.3, -0.25) is 0 Å². The Labute approximate surface area is 83.2 Å². The summed E-state index contributed by atoms with van der Waals surface area (Å²) in [4.78, 5) is 1.63. The minimum atomic E-state index is 0.385. The van der Waals surface area contributed by atoms with Crippen molar-refractivity contribution in [2.75, 3.05) is 12.3 Å². The van der Waals surface area contributed by atoms with Gasteiger partial charge in [0.1, 0.15) is 0 Å². The van der Waals surface area contributed by atoms with Crippen LogP contribution in [0.25, 0.3) is 0 Å². The molecule has 0 amide bonds. The van der Waals surface area contributed by atoms with Crippen LogP contribution in [0.2, 0.25) is 0 Å². The summed E-state index contributed by atoms with van der Waals surface area (Å²) in [6.45, 7) is 1.70. The molecule has 2 heterocycles. The first-order chi connectivity index (χ1) is 6.84. The van der Waals surface area contributed by atoms with Crippen LogP contribution in [-0.4, -0.2) is 27.7 Å². The average Bonchev–Trinajstić information content (AvgIpc) is 2.63. The number of anilines is 1. The van der Waals surface area contributed by atoms with Gasteiger partial charge in [0.15, 0.2) is 5.82 Å². The fraction of sp³-hybridized carbons (Fsp3) is 0.778. The number of nitrogen functional groups attached to an aromatic ring is 1. The van der Waals surface area contributed by atoms with E-state index in [1.165, 1.54) is 12.8 Å². The summed E-state index contributed by atoms with van der Waals surface area (Å²) in [6.07, 6.45) is 6.58. The maximum absolute atomic E-state index is 5.61. The number of rotatable bonds is 3. The SMILES string of the molecule is Nc1cnn(CCC2CCCCO2)n1. The highest BCUT2D eigenvalue weighted by molar-refractivity contribution is 5.19. The first-order valence-electron chi connectivity index (χ1n) is 5.12. The zero-order chi connectivity index (χ0) is 9.80. The van der Waals surface area contributed by atoms with E-state index < -0.39 is 0 Å². The molecular formula is C9H16N4O. The second kappa shape index (κ2) is 4.41. The van der Waals surface area contributed by atoms with E-state index in [9.17, 15) is 0 Å². The highest BCUT2D eigenvalue weighted by Crippen LogP contribution is 2.15. The molecule has 1 fully saturated rings. The van der Waals surface area contributed by atoms with Crippen LogP contribution in [0.5, 0.6) is 0 Å². The number of aryl methyl sites for hydroxylation is 1. The van der Waals surface area contributed by atoms with Gasteiger partial charge >= 0.3 is 0 Å². The van der Waals surface area contributed by atoms with Crippen LogP contribution in [0.1, 0.15) is 25.7 Å². The lowest BCUT2D eigenvalue weighted by molar-refractivity contribution is 0.00764. The van der Waals surface area contributed by atoms with Crippen LogP contribution in [0.3, 0.4) is 0 Å². The van der Waals surface area contributed by atoms with Crippen molar-refractivity contribution < 1.29 is 4.74 Å². The van der Waals surface area contributed by atoms with Crippen LogP contribution in [0.15, 0.2) is 6.20 Å². The van der Waals surface area contributed by atoms with E-state index in [1.54, 1.807) is 11.0 Å². The summed E-state index contributed by atoms with van der Waals surface area (Å²) < 4.78 is 5.61. The summed E-state index contributed by atoms with van der Waals surface area (Å²) in [6, 6.07) is 0. The summed E-state index contributed by atoms with van der Waals surface area (Å²) in [7, 11) is 0. The first kappa shape index (κ1) is 9.45. The zero-order valence-corrected chi connectivity index (χ0v) is 8.22. The van der Waals surface area contributed by atoms with Gasteiger partial charge in [0.25, 0.3) is 0 Å². The minimum absolute atomic E-state index is 0.385. The van der Waals surface area contributed by atoms with E-state index in [2.05, 4.69) is 10.2 Å². The molecule has 0 radical (unpaired) electrons. The Kier molecular flexibility index (Phi) is 2.98. The van der Waals surface area contributed by atoms with Gasteiger partial charge in [-0.1, -0.05) is 0 Å². The molecule has 0 aliphatic carbocycles. The van der Waals surface area contributed by atoms with Crippen molar-refractivity contribution in [3.05, 3.63) is 6.20 Å². The predicted molar refractivity (Wildman–Crippen MR) is 52.6 cm³/mol. The van der Waals surface area contributed by atoms with Crippen molar-refractivity contribution in [2.45, 2.75) is 38.3 Å². The van der Waals surface area contributed by atoms with Gasteiger partial charge in [0, 0.05) is 6.61 Å². The fourth-order valence-corrected chi connectivity index (χ4v) is 1.71. The lowest BCUT2D eigenvalue weighted by Crippen LogP contribution is -2.21.